The number of rotatable bonds is 4. The van der Waals surface area contributed by atoms with Gasteiger partial charge >= 0.3 is 0 Å². The summed E-state index contributed by atoms with van der Waals surface area (Å²) < 4.78 is 5.40. The van der Waals surface area contributed by atoms with Gasteiger partial charge in [-0.1, -0.05) is 24.1 Å². The van der Waals surface area contributed by atoms with Gasteiger partial charge < -0.3 is 9.64 Å². The molecule has 0 N–H and O–H groups in total. The van der Waals surface area contributed by atoms with Crippen LogP contribution in [0.1, 0.15) is 17.9 Å². The molecule has 0 bridgehead atoms. The summed E-state index contributed by atoms with van der Waals surface area (Å²) in [5.41, 5.74) is 1.01. The van der Waals surface area contributed by atoms with E-state index in [1.165, 1.54) is 0 Å². The Labute approximate surface area is 131 Å². The largest absolute Gasteiger partial charge is 0.493 e. The standard InChI is InChI=1S/C14H14INO2S/c1-3-12(15)16-13(17)9-19-14(16)10-7-5-6-8-11(10)18-4-2/h1,5-8,12,14H,4,9H2,2H3. The van der Waals surface area contributed by atoms with Crippen LogP contribution in [-0.2, 0) is 4.79 Å². The Hall–Kier alpha value is -0.870. The van der Waals surface area contributed by atoms with Gasteiger partial charge in [0.05, 0.1) is 12.4 Å². The lowest BCUT2D eigenvalue weighted by molar-refractivity contribution is -0.127. The molecule has 1 fully saturated rings. The molecule has 1 aliphatic heterocycles. The van der Waals surface area contributed by atoms with Crippen LogP contribution in [0.5, 0.6) is 5.75 Å². The minimum Gasteiger partial charge on any atom is -0.493 e. The lowest BCUT2D eigenvalue weighted by Gasteiger charge is -2.27. The molecule has 19 heavy (non-hydrogen) atoms. The molecule has 0 saturated carbocycles. The Morgan fingerprint density at radius 2 is 2.37 bits per heavy atom. The van der Waals surface area contributed by atoms with Crippen LogP contribution in [0.25, 0.3) is 0 Å². The SMILES string of the molecule is C#CC(I)N1C(=O)CSC1c1ccccc1OCC. The number of hydrogen-bond acceptors (Lipinski definition) is 3. The van der Waals surface area contributed by atoms with Crippen molar-refractivity contribution in [2.75, 3.05) is 12.4 Å². The first-order valence-electron chi connectivity index (χ1n) is 5.93. The second kappa shape index (κ2) is 6.53. The number of nitrogens with zero attached hydrogens (tertiary/aromatic N) is 1. The Kier molecular flexibility index (Phi) is 4.99. The summed E-state index contributed by atoms with van der Waals surface area (Å²) in [6.45, 7) is 2.55. The van der Waals surface area contributed by atoms with E-state index >= 15 is 0 Å². The van der Waals surface area contributed by atoms with Gasteiger partial charge in [-0.3, -0.25) is 4.79 Å². The van der Waals surface area contributed by atoms with Gasteiger partial charge in [0.1, 0.15) is 15.2 Å². The summed E-state index contributed by atoms with van der Waals surface area (Å²) in [6.07, 6.45) is 5.46. The average Bonchev–Trinajstić information content (AvgIpc) is 2.81. The van der Waals surface area contributed by atoms with Crippen molar-refractivity contribution in [1.82, 2.24) is 4.90 Å². The maximum absolute atomic E-state index is 12.0. The third-order valence-electron chi connectivity index (χ3n) is 2.77. The number of hydrogen-bond donors (Lipinski definition) is 0. The maximum Gasteiger partial charge on any atom is 0.235 e. The third-order valence-corrected chi connectivity index (χ3v) is 4.94. The van der Waals surface area contributed by atoms with Crippen molar-refractivity contribution in [3.8, 4) is 18.1 Å². The summed E-state index contributed by atoms with van der Waals surface area (Å²) in [7, 11) is 0. The highest BCUT2D eigenvalue weighted by molar-refractivity contribution is 14.1. The molecule has 2 rings (SSSR count). The van der Waals surface area contributed by atoms with Gasteiger partial charge in [-0.15, -0.1) is 18.2 Å². The van der Waals surface area contributed by atoms with Crippen LogP contribution in [0.4, 0.5) is 0 Å². The first-order chi connectivity index (χ1) is 9.19. The Balaban J connectivity index is 2.35. The number of para-hydroxylation sites is 1. The van der Waals surface area contributed by atoms with E-state index in [4.69, 9.17) is 11.2 Å². The number of carbonyl (C=O) groups excluding carboxylic acids is 1. The van der Waals surface area contributed by atoms with E-state index in [-0.39, 0.29) is 15.3 Å². The molecule has 0 spiro atoms. The summed E-state index contributed by atoms with van der Waals surface area (Å²) in [5, 5.41) is -0.0619. The number of terminal acetylenes is 1. The van der Waals surface area contributed by atoms with E-state index < -0.39 is 0 Å². The molecule has 100 valence electrons. The quantitative estimate of drug-likeness (QED) is 0.344. The van der Waals surface area contributed by atoms with Crippen LogP contribution in [-0.4, -0.2) is 27.2 Å². The zero-order valence-electron chi connectivity index (χ0n) is 10.5. The van der Waals surface area contributed by atoms with Gasteiger partial charge in [0, 0.05) is 5.56 Å². The highest BCUT2D eigenvalue weighted by Gasteiger charge is 2.37. The van der Waals surface area contributed by atoms with Crippen molar-refractivity contribution >= 4 is 40.3 Å². The molecule has 1 aromatic rings. The molecule has 5 heteroatoms. The van der Waals surface area contributed by atoms with Crippen LogP contribution in [0, 0.1) is 12.3 Å². The van der Waals surface area contributed by atoms with Crippen molar-refractivity contribution in [2.45, 2.75) is 16.3 Å². The number of amides is 1. The Bertz CT molecular complexity index is 514. The Morgan fingerprint density at radius 1 is 1.63 bits per heavy atom. The number of benzene rings is 1. The van der Waals surface area contributed by atoms with Crippen LogP contribution < -0.4 is 4.74 Å². The maximum atomic E-state index is 12.0. The first kappa shape index (κ1) is 14.5. The molecule has 0 aliphatic carbocycles. The highest BCUT2D eigenvalue weighted by atomic mass is 127. The minimum atomic E-state index is -0.236. The van der Waals surface area contributed by atoms with Gasteiger partial charge in [-0.25, -0.2) is 0 Å². The lowest BCUT2D eigenvalue weighted by Crippen LogP contribution is -2.33. The van der Waals surface area contributed by atoms with E-state index in [1.807, 2.05) is 31.2 Å². The van der Waals surface area contributed by atoms with Crippen molar-refractivity contribution in [1.29, 1.82) is 0 Å². The summed E-state index contributed by atoms with van der Waals surface area (Å²) in [5.74, 6) is 3.99. The first-order valence-corrected chi connectivity index (χ1v) is 8.23. The molecule has 2 unspecified atom stereocenters. The predicted molar refractivity (Wildman–Crippen MR) is 86.3 cm³/mol. The number of alkyl halides is 1. The van der Waals surface area contributed by atoms with E-state index in [2.05, 4.69) is 28.5 Å². The smallest absolute Gasteiger partial charge is 0.235 e. The molecule has 0 aromatic heterocycles. The zero-order chi connectivity index (χ0) is 13.8. The third kappa shape index (κ3) is 3.00. The van der Waals surface area contributed by atoms with Crippen molar-refractivity contribution in [3.63, 3.8) is 0 Å². The van der Waals surface area contributed by atoms with Crippen LogP contribution in [0.2, 0.25) is 0 Å². The minimum absolute atomic E-state index is 0.0619. The topological polar surface area (TPSA) is 29.5 Å². The van der Waals surface area contributed by atoms with Gasteiger partial charge in [0.25, 0.3) is 0 Å². The fourth-order valence-electron chi connectivity index (χ4n) is 1.97. The van der Waals surface area contributed by atoms with Crippen molar-refractivity contribution in [3.05, 3.63) is 29.8 Å². The normalized spacial score (nSPS) is 20.2. The monoisotopic (exact) mass is 387 g/mol. The molecule has 3 nitrogen and oxygen atoms in total. The summed E-state index contributed by atoms with van der Waals surface area (Å²) in [4.78, 5) is 13.7. The van der Waals surface area contributed by atoms with Gasteiger partial charge in [0.15, 0.2) is 0 Å². The molecule has 1 aliphatic rings. The van der Waals surface area contributed by atoms with Crippen LogP contribution >= 0.6 is 34.4 Å². The average molecular weight is 387 g/mol. The number of halogens is 1. The fraction of sp³-hybridized carbons (Fsp3) is 0.357. The molecule has 1 saturated heterocycles. The second-order valence-electron chi connectivity index (χ2n) is 3.94. The van der Waals surface area contributed by atoms with E-state index in [0.717, 1.165) is 11.3 Å². The summed E-state index contributed by atoms with van der Waals surface area (Å²) in [6, 6.07) is 7.81. The van der Waals surface area contributed by atoms with Crippen LogP contribution in [0.3, 0.4) is 0 Å². The number of ether oxygens (including phenoxy) is 1. The number of carbonyl (C=O) groups is 1. The van der Waals surface area contributed by atoms with E-state index in [9.17, 15) is 4.79 Å². The number of thioether (sulfide) groups is 1. The van der Waals surface area contributed by atoms with E-state index in [0.29, 0.717) is 12.4 Å². The molecular weight excluding hydrogens is 373 g/mol. The van der Waals surface area contributed by atoms with Gasteiger partial charge in [0.2, 0.25) is 5.91 Å². The molecular formula is C14H14INO2S. The van der Waals surface area contributed by atoms with Crippen molar-refractivity contribution in [2.24, 2.45) is 0 Å². The fourth-order valence-corrected chi connectivity index (χ4v) is 4.05. The molecule has 1 aromatic carbocycles. The Morgan fingerprint density at radius 3 is 3.05 bits per heavy atom. The summed E-state index contributed by atoms with van der Waals surface area (Å²) >= 11 is 3.70. The molecule has 2 atom stereocenters. The zero-order valence-corrected chi connectivity index (χ0v) is 13.5. The van der Waals surface area contributed by atoms with Gasteiger partial charge in [-0.05, 0) is 35.6 Å². The molecule has 1 heterocycles. The van der Waals surface area contributed by atoms with E-state index in [1.54, 1.807) is 16.7 Å². The predicted octanol–water partition coefficient (Wildman–Crippen LogP) is 3.05. The second-order valence-corrected chi connectivity index (χ2v) is 6.19. The lowest BCUT2D eigenvalue weighted by atomic mass is 10.2. The highest BCUT2D eigenvalue weighted by Crippen LogP contribution is 2.44. The van der Waals surface area contributed by atoms with Crippen molar-refractivity contribution < 1.29 is 9.53 Å². The molecule has 0 radical (unpaired) electrons. The molecule has 1 amide bonds. The van der Waals surface area contributed by atoms with Crippen LogP contribution in [0.15, 0.2) is 24.3 Å². The van der Waals surface area contributed by atoms with Gasteiger partial charge in [-0.2, -0.15) is 0 Å².